The van der Waals surface area contributed by atoms with Crippen LogP contribution in [-0.2, 0) is 14.8 Å². The van der Waals surface area contributed by atoms with Crippen LogP contribution in [0.5, 0.6) is 0 Å². The lowest BCUT2D eigenvalue weighted by Crippen LogP contribution is -2.37. The molecule has 0 saturated carbocycles. The van der Waals surface area contributed by atoms with Crippen LogP contribution >= 0.6 is 27.7 Å². The predicted octanol–water partition coefficient (Wildman–Crippen LogP) is 4.12. The van der Waals surface area contributed by atoms with Gasteiger partial charge in [0, 0.05) is 35.1 Å². The number of benzene rings is 2. The van der Waals surface area contributed by atoms with E-state index in [1.54, 1.807) is 59.1 Å². The van der Waals surface area contributed by atoms with Gasteiger partial charge in [-0.25, -0.2) is 8.42 Å². The number of carbonyl (C=O) groups is 1. The van der Waals surface area contributed by atoms with E-state index < -0.39 is 10.0 Å². The molecule has 26 heavy (non-hydrogen) atoms. The molecule has 5 nitrogen and oxygen atoms in total. The number of hydrogen-bond donors (Lipinski definition) is 0. The molecule has 3 rings (SSSR count). The van der Waals surface area contributed by atoms with Gasteiger partial charge in [0.25, 0.3) is 10.0 Å². The van der Waals surface area contributed by atoms with Crippen molar-refractivity contribution in [1.82, 2.24) is 0 Å². The Morgan fingerprint density at radius 3 is 2.50 bits per heavy atom. The van der Waals surface area contributed by atoms with E-state index in [0.29, 0.717) is 17.9 Å². The van der Waals surface area contributed by atoms with E-state index in [0.717, 1.165) is 9.37 Å². The van der Waals surface area contributed by atoms with Crippen LogP contribution in [0.1, 0.15) is 13.8 Å². The van der Waals surface area contributed by atoms with Gasteiger partial charge >= 0.3 is 0 Å². The lowest BCUT2D eigenvalue weighted by Gasteiger charge is -2.32. The number of thioether (sulfide) groups is 1. The summed E-state index contributed by atoms with van der Waals surface area (Å²) in [4.78, 5) is 14.7. The molecule has 138 valence electrons. The number of amides is 1. The van der Waals surface area contributed by atoms with Gasteiger partial charge in [0.1, 0.15) is 0 Å². The number of sulfonamides is 1. The molecule has 1 aliphatic rings. The Kier molecular flexibility index (Phi) is 5.37. The van der Waals surface area contributed by atoms with E-state index in [-0.39, 0.29) is 16.1 Å². The molecular weight excluding hydrogens is 436 g/mol. The monoisotopic (exact) mass is 454 g/mol. The largest absolute Gasteiger partial charge is 0.310 e. The lowest BCUT2D eigenvalue weighted by molar-refractivity contribution is -0.116. The van der Waals surface area contributed by atoms with Crippen LogP contribution in [0.25, 0.3) is 0 Å². The van der Waals surface area contributed by atoms with Crippen LogP contribution < -0.4 is 9.21 Å². The van der Waals surface area contributed by atoms with Crippen LogP contribution in [0.3, 0.4) is 0 Å². The van der Waals surface area contributed by atoms with Gasteiger partial charge in [-0.3, -0.25) is 9.10 Å². The first-order valence-electron chi connectivity index (χ1n) is 8.03. The van der Waals surface area contributed by atoms with Gasteiger partial charge in [0.2, 0.25) is 5.91 Å². The van der Waals surface area contributed by atoms with Crippen molar-refractivity contribution in [3.63, 3.8) is 0 Å². The summed E-state index contributed by atoms with van der Waals surface area (Å²) in [5.74, 6) is -0.0887. The van der Waals surface area contributed by atoms with Gasteiger partial charge in [-0.1, -0.05) is 22.9 Å². The van der Waals surface area contributed by atoms with Gasteiger partial charge in [-0.15, -0.1) is 11.8 Å². The predicted molar refractivity (Wildman–Crippen MR) is 110 cm³/mol. The number of carbonyl (C=O) groups excluding carboxylic acids is 1. The summed E-state index contributed by atoms with van der Waals surface area (Å²) in [7, 11) is -2.20. The van der Waals surface area contributed by atoms with Crippen LogP contribution in [0.15, 0.2) is 56.7 Å². The van der Waals surface area contributed by atoms with E-state index in [1.165, 1.54) is 18.3 Å². The summed E-state index contributed by atoms with van der Waals surface area (Å²) in [6.07, 6.45) is 0. The highest BCUT2D eigenvalue weighted by Gasteiger charge is 2.28. The lowest BCUT2D eigenvalue weighted by atomic mass is 10.2. The maximum absolute atomic E-state index is 13.0. The summed E-state index contributed by atoms with van der Waals surface area (Å²) in [6, 6.07) is 12.0. The Bertz CT molecular complexity index is 945. The van der Waals surface area contributed by atoms with E-state index in [9.17, 15) is 13.2 Å². The van der Waals surface area contributed by atoms with Crippen molar-refractivity contribution in [2.45, 2.75) is 28.9 Å². The first-order valence-corrected chi connectivity index (χ1v) is 11.1. The van der Waals surface area contributed by atoms with Gasteiger partial charge in [0.05, 0.1) is 16.3 Å². The fraction of sp³-hybridized carbons (Fsp3) is 0.278. The highest BCUT2D eigenvalue weighted by molar-refractivity contribution is 9.10. The third-order valence-corrected chi connectivity index (χ3v) is 7.68. The molecular formula is C18H19BrN2O3S2. The van der Waals surface area contributed by atoms with Crippen molar-refractivity contribution >= 4 is 55.0 Å². The summed E-state index contributed by atoms with van der Waals surface area (Å²) in [5, 5.41) is 0.263. The second-order valence-corrected chi connectivity index (χ2v) is 10.5. The van der Waals surface area contributed by atoms with Gasteiger partial charge < -0.3 is 4.90 Å². The van der Waals surface area contributed by atoms with Crippen LogP contribution in [0.4, 0.5) is 11.4 Å². The Hall–Kier alpha value is -1.51. The highest BCUT2D eigenvalue weighted by atomic mass is 79.9. The Balaban J connectivity index is 2.02. The topological polar surface area (TPSA) is 57.7 Å². The molecule has 1 atom stereocenters. The first kappa shape index (κ1) is 19.3. The molecule has 0 radical (unpaired) electrons. The summed E-state index contributed by atoms with van der Waals surface area (Å²) >= 11 is 5.00. The quantitative estimate of drug-likeness (QED) is 0.699. The number of fused-ring (bicyclic) bond motifs is 1. The molecule has 0 bridgehead atoms. The first-order chi connectivity index (χ1) is 12.2. The van der Waals surface area contributed by atoms with Crippen molar-refractivity contribution in [3.8, 4) is 0 Å². The maximum atomic E-state index is 13.0. The molecule has 2 aromatic carbocycles. The molecule has 0 unspecified atom stereocenters. The molecule has 0 N–H and O–H groups in total. The van der Waals surface area contributed by atoms with E-state index in [4.69, 9.17) is 0 Å². The van der Waals surface area contributed by atoms with Crippen molar-refractivity contribution in [2.75, 3.05) is 22.8 Å². The standard InChI is InChI=1S/C18H19BrN2O3S2/c1-12-11-21(13(2)22)17-10-16(8-9-18(17)25-12)26(23,24)20(3)15-6-4-14(19)5-7-15/h4-10,12H,11H2,1-3H3/t12-/m1/s1. The van der Waals surface area contributed by atoms with Crippen LogP contribution in [-0.4, -0.2) is 33.2 Å². The normalized spacial score (nSPS) is 16.9. The van der Waals surface area contributed by atoms with Crippen molar-refractivity contribution in [1.29, 1.82) is 0 Å². The van der Waals surface area contributed by atoms with Crippen molar-refractivity contribution in [3.05, 3.63) is 46.9 Å². The number of rotatable bonds is 3. The minimum Gasteiger partial charge on any atom is -0.310 e. The van der Waals surface area contributed by atoms with Crippen LogP contribution in [0.2, 0.25) is 0 Å². The zero-order valence-electron chi connectivity index (χ0n) is 14.6. The van der Waals surface area contributed by atoms with E-state index >= 15 is 0 Å². The van der Waals surface area contributed by atoms with Gasteiger partial charge in [-0.05, 0) is 42.5 Å². The maximum Gasteiger partial charge on any atom is 0.264 e. The summed E-state index contributed by atoms with van der Waals surface area (Å²) in [6.45, 7) is 4.12. The minimum absolute atomic E-state index is 0.0887. The molecule has 2 aromatic rings. The van der Waals surface area contributed by atoms with Gasteiger partial charge in [-0.2, -0.15) is 0 Å². The van der Waals surface area contributed by atoms with E-state index in [1.807, 2.05) is 0 Å². The summed E-state index contributed by atoms with van der Waals surface area (Å²) in [5.41, 5.74) is 1.23. The zero-order chi connectivity index (χ0) is 19.1. The SMILES string of the molecule is CC(=O)N1C[C@@H](C)Sc2ccc(S(=O)(=O)N(C)c3ccc(Br)cc3)cc21. The summed E-state index contributed by atoms with van der Waals surface area (Å²) < 4.78 is 28.2. The van der Waals surface area contributed by atoms with Gasteiger partial charge in [0.15, 0.2) is 0 Å². The molecule has 0 saturated heterocycles. The molecule has 0 spiro atoms. The van der Waals surface area contributed by atoms with Crippen molar-refractivity contribution < 1.29 is 13.2 Å². The minimum atomic E-state index is -3.73. The number of anilines is 2. The number of halogens is 1. The average Bonchev–Trinajstić information content (AvgIpc) is 2.60. The third-order valence-electron chi connectivity index (χ3n) is 4.22. The molecule has 0 aromatic heterocycles. The van der Waals surface area contributed by atoms with Crippen LogP contribution in [0, 0.1) is 0 Å². The fourth-order valence-electron chi connectivity index (χ4n) is 2.82. The second kappa shape index (κ2) is 7.25. The van der Waals surface area contributed by atoms with Crippen molar-refractivity contribution in [2.24, 2.45) is 0 Å². The molecule has 8 heteroatoms. The highest BCUT2D eigenvalue weighted by Crippen LogP contribution is 2.40. The zero-order valence-corrected chi connectivity index (χ0v) is 17.9. The molecule has 0 fully saturated rings. The molecule has 0 aliphatic carbocycles. The van der Waals surface area contributed by atoms with E-state index in [2.05, 4.69) is 22.9 Å². The number of hydrogen-bond acceptors (Lipinski definition) is 4. The molecule has 1 aliphatic heterocycles. The smallest absolute Gasteiger partial charge is 0.264 e. The Morgan fingerprint density at radius 2 is 1.88 bits per heavy atom. The Labute approximate surface area is 166 Å². The average molecular weight is 455 g/mol. The molecule has 1 heterocycles. The Morgan fingerprint density at radius 1 is 1.23 bits per heavy atom. The second-order valence-electron chi connectivity index (χ2n) is 6.14. The molecule has 1 amide bonds. The fourth-order valence-corrected chi connectivity index (χ4v) is 5.40. The third kappa shape index (κ3) is 3.63. The number of nitrogens with zero attached hydrogens (tertiary/aromatic N) is 2.